The average molecular weight is 372 g/mol. The van der Waals surface area contributed by atoms with Crippen molar-refractivity contribution in [2.24, 2.45) is 0 Å². The highest BCUT2D eigenvalue weighted by Crippen LogP contribution is 2.32. The first-order valence-electron chi connectivity index (χ1n) is 8.51. The summed E-state index contributed by atoms with van der Waals surface area (Å²) in [6.45, 7) is 4.19. The molecule has 3 aromatic rings. The van der Waals surface area contributed by atoms with E-state index in [1.54, 1.807) is 6.20 Å². The summed E-state index contributed by atoms with van der Waals surface area (Å²) >= 11 is 0. The van der Waals surface area contributed by atoms with E-state index in [0.717, 1.165) is 23.7 Å². The molecule has 0 aliphatic carbocycles. The van der Waals surface area contributed by atoms with Gasteiger partial charge in [0.15, 0.2) is 11.5 Å². The van der Waals surface area contributed by atoms with E-state index >= 15 is 0 Å². The molecule has 136 valence electrons. The fourth-order valence-electron chi connectivity index (χ4n) is 2.91. The van der Waals surface area contributed by atoms with E-state index in [9.17, 15) is 0 Å². The molecule has 0 fully saturated rings. The third-order valence-corrected chi connectivity index (χ3v) is 4.38. The van der Waals surface area contributed by atoms with Crippen molar-refractivity contribution < 1.29 is 9.47 Å². The second-order valence-corrected chi connectivity index (χ2v) is 6.12. The van der Waals surface area contributed by atoms with Crippen LogP contribution in [0.15, 0.2) is 60.9 Å². The van der Waals surface area contributed by atoms with Gasteiger partial charge in [-0.05, 0) is 48.4 Å². The first-order chi connectivity index (χ1) is 12.3. The zero-order valence-corrected chi connectivity index (χ0v) is 15.4. The molecule has 1 aliphatic heterocycles. The van der Waals surface area contributed by atoms with Gasteiger partial charge in [0.2, 0.25) is 0 Å². The summed E-state index contributed by atoms with van der Waals surface area (Å²) in [5.41, 5.74) is 3.49. The molecule has 4 rings (SSSR count). The molecule has 2 aromatic carbocycles. The van der Waals surface area contributed by atoms with Crippen LogP contribution in [0.25, 0.3) is 5.69 Å². The van der Waals surface area contributed by atoms with Crippen LogP contribution in [-0.4, -0.2) is 23.0 Å². The minimum absolute atomic E-state index is 0. The second kappa shape index (κ2) is 8.25. The monoisotopic (exact) mass is 371 g/mol. The molecule has 1 unspecified atom stereocenters. The quantitative estimate of drug-likeness (QED) is 0.738. The first-order valence-corrected chi connectivity index (χ1v) is 8.51. The van der Waals surface area contributed by atoms with Crippen molar-refractivity contribution in [2.75, 3.05) is 13.2 Å². The Hall–Kier alpha value is -2.50. The van der Waals surface area contributed by atoms with Crippen LogP contribution >= 0.6 is 12.4 Å². The summed E-state index contributed by atoms with van der Waals surface area (Å²) in [5.74, 6) is 1.66. The Morgan fingerprint density at radius 1 is 1.08 bits per heavy atom. The zero-order chi connectivity index (χ0) is 17.1. The van der Waals surface area contributed by atoms with Crippen LogP contribution in [0.1, 0.15) is 24.1 Å². The zero-order valence-electron chi connectivity index (χ0n) is 14.6. The molecular formula is C20H22ClN3O2. The molecule has 0 bridgehead atoms. The number of ether oxygens (including phenoxy) is 2. The van der Waals surface area contributed by atoms with Crippen LogP contribution in [-0.2, 0) is 6.54 Å². The standard InChI is InChI=1S/C20H21N3O2.ClH/c1-15(17-5-8-19-20(13-17)25-12-11-24-19)21-14-16-3-6-18(7-4-16)23-10-2-9-22-23;/h2-10,13,15,21H,11-12,14H2,1H3;1H. The first kappa shape index (κ1) is 18.3. The van der Waals surface area contributed by atoms with Crippen molar-refractivity contribution >= 4 is 12.4 Å². The van der Waals surface area contributed by atoms with Gasteiger partial charge in [-0.3, -0.25) is 0 Å². The van der Waals surface area contributed by atoms with E-state index in [1.807, 2.05) is 23.0 Å². The SMILES string of the molecule is CC(NCc1ccc(-n2cccn2)cc1)c1ccc2c(c1)OCCO2.Cl. The highest BCUT2D eigenvalue weighted by molar-refractivity contribution is 5.85. The number of fused-ring (bicyclic) bond motifs is 1. The lowest BCUT2D eigenvalue weighted by Crippen LogP contribution is -2.19. The molecule has 5 nitrogen and oxygen atoms in total. The number of aromatic nitrogens is 2. The van der Waals surface area contributed by atoms with Crippen LogP contribution in [0, 0.1) is 0 Å². The molecule has 0 saturated carbocycles. The van der Waals surface area contributed by atoms with Gasteiger partial charge in [0, 0.05) is 25.0 Å². The lowest BCUT2D eigenvalue weighted by atomic mass is 10.1. The van der Waals surface area contributed by atoms with Crippen molar-refractivity contribution in [3.05, 3.63) is 72.1 Å². The van der Waals surface area contributed by atoms with Crippen LogP contribution in [0.4, 0.5) is 0 Å². The van der Waals surface area contributed by atoms with Crippen molar-refractivity contribution in [2.45, 2.75) is 19.5 Å². The average Bonchev–Trinajstić information content (AvgIpc) is 3.21. The number of rotatable bonds is 5. The van der Waals surface area contributed by atoms with E-state index in [0.29, 0.717) is 13.2 Å². The van der Waals surface area contributed by atoms with Crippen molar-refractivity contribution in [3.63, 3.8) is 0 Å². The van der Waals surface area contributed by atoms with Gasteiger partial charge in [-0.2, -0.15) is 5.10 Å². The molecule has 0 spiro atoms. The van der Waals surface area contributed by atoms with Crippen LogP contribution in [0.2, 0.25) is 0 Å². The second-order valence-electron chi connectivity index (χ2n) is 6.12. The van der Waals surface area contributed by atoms with Gasteiger partial charge in [-0.15, -0.1) is 12.4 Å². The Balaban J connectivity index is 0.00000196. The molecule has 6 heteroatoms. The number of hydrogen-bond donors (Lipinski definition) is 1. The minimum Gasteiger partial charge on any atom is -0.486 e. The molecule has 0 saturated heterocycles. The van der Waals surface area contributed by atoms with Crippen molar-refractivity contribution in [1.82, 2.24) is 15.1 Å². The number of hydrogen-bond acceptors (Lipinski definition) is 4. The van der Waals surface area contributed by atoms with Gasteiger partial charge in [0.1, 0.15) is 13.2 Å². The number of benzene rings is 2. The molecule has 1 aliphatic rings. The maximum atomic E-state index is 5.66. The van der Waals surface area contributed by atoms with Crippen LogP contribution in [0.3, 0.4) is 0 Å². The Morgan fingerprint density at radius 2 is 1.85 bits per heavy atom. The lowest BCUT2D eigenvalue weighted by Gasteiger charge is -2.21. The molecule has 0 amide bonds. The fraction of sp³-hybridized carbons (Fsp3) is 0.250. The summed E-state index contributed by atoms with van der Waals surface area (Å²) in [6.07, 6.45) is 3.72. The fourth-order valence-corrected chi connectivity index (χ4v) is 2.91. The number of nitrogens with one attached hydrogen (secondary N) is 1. The summed E-state index contributed by atoms with van der Waals surface area (Å²) in [5, 5.41) is 7.80. The van der Waals surface area contributed by atoms with Crippen molar-refractivity contribution in [3.8, 4) is 17.2 Å². The molecule has 26 heavy (non-hydrogen) atoms. The van der Waals surface area contributed by atoms with E-state index in [2.05, 4.69) is 53.7 Å². The van der Waals surface area contributed by atoms with Crippen LogP contribution in [0.5, 0.6) is 11.5 Å². The molecule has 1 N–H and O–H groups in total. The minimum atomic E-state index is 0. The predicted molar refractivity (Wildman–Crippen MR) is 103 cm³/mol. The van der Waals surface area contributed by atoms with Gasteiger partial charge < -0.3 is 14.8 Å². The normalized spacial score (nSPS) is 13.7. The lowest BCUT2D eigenvalue weighted by molar-refractivity contribution is 0.171. The summed E-state index contributed by atoms with van der Waals surface area (Å²) in [7, 11) is 0. The van der Waals surface area contributed by atoms with Gasteiger partial charge >= 0.3 is 0 Å². The van der Waals surface area contributed by atoms with Crippen molar-refractivity contribution in [1.29, 1.82) is 0 Å². The van der Waals surface area contributed by atoms with Gasteiger partial charge in [0.25, 0.3) is 0 Å². The third kappa shape index (κ3) is 4.00. The predicted octanol–water partition coefficient (Wildman–Crippen LogP) is 3.92. The summed E-state index contributed by atoms with van der Waals surface area (Å²) in [6, 6.07) is 16.7. The van der Waals surface area contributed by atoms with E-state index in [-0.39, 0.29) is 18.4 Å². The Labute approximate surface area is 159 Å². The largest absolute Gasteiger partial charge is 0.486 e. The highest BCUT2D eigenvalue weighted by Gasteiger charge is 2.14. The number of halogens is 1. The topological polar surface area (TPSA) is 48.3 Å². The molecule has 0 radical (unpaired) electrons. The van der Waals surface area contributed by atoms with Gasteiger partial charge in [-0.1, -0.05) is 18.2 Å². The Kier molecular flexibility index (Phi) is 5.81. The molecular weight excluding hydrogens is 350 g/mol. The number of nitrogens with zero attached hydrogens (tertiary/aromatic N) is 2. The third-order valence-electron chi connectivity index (χ3n) is 4.38. The maximum Gasteiger partial charge on any atom is 0.161 e. The van der Waals surface area contributed by atoms with E-state index in [1.165, 1.54) is 11.1 Å². The maximum absolute atomic E-state index is 5.66. The van der Waals surface area contributed by atoms with Gasteiger partial charge in [-0.25, -0.2) is 4.68 Å². The van der Waals surface area contributed by atoms with E-state index in [4.69, 9.17) is 9.47 Å². The Morgan fingerprint density at radius 3 is 2.58 bits per heavy atom. The summed E-state index contributed by atoms with van der Waals surface area (Å²) < 4.78 is 13.1. The smallest absolute Gasteiger partial charge is 0.161 e. The highest BCUT2D eigenvalue weighted by atomic mass is 35.5. The van der Waals surface area contributed by atoms with Crippen LogP contribution < -0.4 is 14.8 Å². The van der Waals surface area contributed by atoms with E-state index < -0.39 is 0 Å². The summed E-state index contributed by atoms with van der Waals surface area (Å²) in [4.78, 5) is 0. The molecule has 2 heterocycles. The van der Waals surface area contributed by atoms with Gasteiger partial charge in [0.05, 0.1) is 5.69 Å². The Bertz CT molecular complexity index is 835. The molecule has 1 atom stereocenters. The molecule has 1 aromatic heterocycles.